The van der Waals surface area contributed by atoms with Crippen LogP contribution in [0.3, 0.4) is 0 Å². The summed E-state index contributed by atoms with van der Waals surface area (Å²) in [5.74, 6) is 0.169. The number of aryl methyl sites for hydroxylation is 1. The summed E-state index contributed by atoms with van der Waals surface area (Å²) < 4.78 is 10.8. The highest BCUT2D eigenvalue weighted by Gasteiger charge is 2.16. The Morgan fingerprint density at radius 1 is 1.50 bits per heavy atom. The second kappa shape index (κ2) is 6.88. The second-order valence-corrected chi connectivity index (χ2v) is 5.18. The van der Waals surface area contributed by atoms with E-state index in [1.165, 1.54) is 0 Å². The van der Waals surface area contributed by atoms with Crippen molar-refractivity contribution in [1.29, 1.82) is 0 Å². The molecule has 0 aromatic carbocycles. The third kappa shape index (κ3) is 4.06. The van der Waals surface area contributed by atoms with Crippen LogP contribution in [0.25, 0.3) is 0 Å². The van der Waals surface area contributed by atoms with Crippen molar-refractivity contribution in [2.45, 2.75) is 26.4 Å². The third-order valence-electron chi connectivity index (χ3n) is 3.46. The van der Waals surface area contributed by atoms with Gasteiger partial charge in [-0.05, 0) is 19.9 Å². The Hall–Kier alpha value is -1.37. The second-order valence-electron chi connectivity index (χ2n) is 5.18. The molecular weight excluding hydrogens is 260 g/mol. The maximum absolute atomic E-state index is 10.9. The van der Waals surface area contributed by atoms with E-state index in [0.29, 0.717) is 24.1 Å². The monoisotopic (exact) mass is 282 g/mol. The summed E-state index contributed by atoms with van der Waals surface area (Å²) in [5.41, 5.74) is 0.239. The number of carboxylic acid groups (broad SMARTS) is 1. The van der Waals surface area contributed by atoms with Crippen LogP contribution in [0.1, 0.15) is 28.8 Å². The number of nitrogens with one attached hydrogen (secondary N) is 1. The number of hydrogen-bond donors (Lipinski definition) is 2. The van der Waals surface area contributed by atoms with Crippen LogP contribution in [0.2, 0.25) is 0 Å². The van der Waals surface area contributed by atoms with Crippen molar-refractivity contribution in [3.05, 3.63) is 23.2 Å². The molecule has 1 atom stereocenters. The first-order chi connectivity index (χ1) is 9.56. The van der Waals surface area contributed by atoms with Gasteiger partial charge in [-0.1, -0.05) is 0 Å². The lowest BCUT2D eigenvalue weighted by Gasteiger charge is -2.29. The average molecular weight is 282 g/mol. The SMILES string of the molecule is Cc1oc(CNC(C)CN2CCOCC2)cc1C(=O)O. The van der Waals surface area contributed by atoms with Gasteiger partial charge in [-0.2, -0.15) is 0 Å². The quantitative estimate of drug-likeness (QED) is 0.813. The first-order valence-corrected chi connectivity index (χ1v) is 6.92. The zero-order valence-corrected chi connectivity index (χ0v) is 12.0. The lowest BCUT2D eigenvalue weighted by molar-refractivity contribution is 0.0342. The van der Waals surface area contributed by atoms with Gasteiger partial charge in [0.1, 0.15) is 17.1 Å². The molecule has 112 valence electrons. The van der Waals surface area contributed by atoms with Crippen molar-refractivity contribution in [2.24, 2.45) is 0 Å². The lowest BCUT2D eigenvalue weighted by Crippen LogP contribution is -2.44. The Bertz CT molecular complexity index is 452. The van der Waals surface area contributed by atoms with Gasteiger partial charge in [0.25, 0.3) is 0 Å². The van der Waals surface area contributed by atoms with Crippen molar-refractivity contribution in [1.82, 2.24) is 10.2 Å². The Morgan fingerprint density at radius 3 is 2.80 bits per heavy atom. The largest absolute Gasteiger partial charge is 0.478 e. The number of nitrogens with zero attached hydrogens (tertiary/aromatic N) is 1. The molecule has 20 heavy (non-hydrogen) atoms. The minimum atomic E-state index is -0.945. The smallest absolute Gasteiger partial charge is 0.339 e. The number of aromatic carboxylic acids is 1. The first kappa shape index (κ1) is 15.0. The lowest BCUT2D eigenvalue weighted by atomic mass is 10.2. The molecule has 0 spiro atoms. The minimum absolute atomic E-state index is 0.239. The van der Waals surface area contributed by atoms with Crippen LogP contribution in [0.15, 0.2) is 10.5 Å². The molecule has 1 aromatic rings. The standard InChI is InChI=1S/C14H22N2O4/c1-10(9-16-3-5-19-6-4-16)15-8-12-7-13(14(17)18)11(2)20-12/h7,10,15H,3-6,8-9H2,1-2H3,(H,17,18). The van der Waals surface area contributed by atoms with Crippen LogP contribution in [0.5, 0.6) is 0 Å². The van der Waals surface area contributed by atoms with Gasteiger partial charge in [-0.15, -0.1) is 0 Å². The molecule has 1 fully saturated rings. The summed E-state index contributed by atoms with van der Waals surface area (Å²) in [7, 11) is 0. The molecule has 0 radical (unpaired) electrons. The normalized spacial score (nSPS) is 18.1. The van der Waals surface area contributed by atoms with E-state index < -0.39 is 5.97 Å². The van der Waals surface area contributed by atoms with Gasteiger partial charge in [0.05, 0.1) is 19.8 Å². The number of rotatable bonds is 6. The summed E-state index contributed by atoms with van der Waals surface area (Å²) in [4.78, 5) is 13.3. The van der Waals surface area contributed by atoms with Crippen molar-refractivity contribution >= 4 is 5.97 Å². The van der Waals surface area contributed by atoms with Crippen LogP contribution in [-0.2, 0) is 11.3 Å². The first-order valence-electron chi connectivity index (χ1n) is 6.92. The van der Waals surface area contributed by atoms with E-state index in [9.17, 15) is 4.79 Å². The molecule has 2 N–H and O–H groups in total. The fraction of sp³-hybridized carbons (Fsp3) is 0.643. The molecule has 0 aliphatic carbocycles. The molecule has 0 bridgehead atoms. The van der Waals surface area contributed by atoms with Crippen molar-refractivity contribution in [2.75, 3.05) is 32.8 Å². The van der Waals surface area contributed by atoms with E-state index >= 15 is 0 Å². The van der Waals surface area contributed by atoms with Crippen LogP contribution >= 0.6 is 0 Å². The van der Waals surface area contributed by atoms with Gasteiger partial charge < -0.3 is 19.6 Å². The van der Waals surface area contributed by atoms with Crippen LogP contribution in [-0.4, -0.2) is 54.9 Å². The summed E-state index contributed by atoms with van der Waals surface area (Å²) in [6.07, 6.45) is 0. The molecule has 1 aliphatic rings. The zero-order chi connectivity index (χ0) is 14.5. The van der Waals surface area contributed by atoms with E-state index in [0.717, 1.165) is 32.8 Å². The van der Waals surface area contributed by atoms with Gasteiger partial charge >= 0.3 is 5.97 Å². The highest BCUT2D eigenvalue weighted by Crippen LogP contribution is 2.14. The van der Waals surface area contributed by atoms with Crippen molar-refractivity contribution in [3.8, 4) is 0 Å². The van der Waals surface area contributed by atoms with E-state index in [-0.39, 0.29) is 5.56 Å². The molecular formula is C14H22N2O4. The predicted molar refractivity (Wildman–Crippen MR) is 74.0 cm³/mol. The fourth-order valence-electron chi connectivity index (χ4n) is 2.35. The zero-order valence-electron chi connectivity index (χ0n) is 12.0. The Kier molecular flexibility index (Phi) is 5.17. The maximum Gasteiger partial charge on any atom is 0.339 e. The number of ether oxygens (including phenoxy) is 1. The maximum atomic E-state index is 10.9. The van der Waals surface area contributed by atoms with Gasteiger partial charge in [0.2, 0.25) is 0 Å². The Labute approximate surface area is 118 Å². The molecule has 6 heteroatoms. The van der Waals surface area contributed by atoms with Gasteiger partial charge in [-0.3, -0.25) is 4.90 Å². The number of carbonyl (C=O) groups is 1. The molecule has 0 saturated carbocycles. The topological polar surface area (TPSA) is 74.9 Å². The highest BCUT2D eigenvalue weighted by atomic mass is 16.5. The molecule has 2 rings (SSSR count). The van der Waals surface area contributed by atoms with Gasteiger partial charge in [-0.25, -0.2) is 4.79 Å². The van der Waals surface area contributed by atoms with E-state index in [1.54, 1.807) is 13.0 Å². The van der Waals surface area contributed by atoms with Gasteiger partial charge in [0.15, 0.2) is 0 Å². The molecule has 1 unspecified atom stereocenters. The van der Waals surface area contributed by atoms with Crippen molar-refractivity contribution in [3.63, 3.8) is 0 Å². The molecule has 1 aromatic heterocycles. The summed E-state index contributed by atoms with van der Waals surface area (Å²) in [5, 5.41) is 12.3. The summed E-state index contributed by atoms with van der Waals surface area (Å²) in [6, 6.07) is 1.90. The van der Waals surface area contributed by atoms with Crippen molar-refractivity contribution < 1.29 is 19.1 Å². The molecule has 1 aliphatic heterocycles. The van der Waals surface area contributed by atoms with Crippen LogP contribution in [0, 0.1) is 6.92 Å². The number of morpholine rings is 1. The van der Waals surface area contributed by atoms with Crippen LogP contribution < -0.4 is 5.32 Å². The van der Waals surface area contributed by atoms with E-state index in [1.807, 2.05) is 0 Å². The molecule has 6 nitrogen and oxygen atoms in total. The number of hydrogen-bond acceptors (Lipinski definition) is 5. The fourth-order valence-corrected chi connectivity index (χ4v) is 2.35. The average Bonchev–Trinajstić information content (AvgIpc) is 2.79. The number of furan rings is 1. The number of carboxylic acids is 1. The third-order valence-corrected chi connectivity index (χ3v) is 3.46. The summed E-state index contributed by atoms with van der Waals surface area (Å²) in [6.45, 7) is 8.81. The molecule has 0 amide bonds. The van der Waals surface area contributed by atoms with E-state index in [2.05, 4.69) is 17.1 Å². The predicted octanol–water partition coefficient (Wildman–Crippen LogP) is 1.10. The summed E-state index contributed by atoms with van der Waals surface area (Å²) >= 11 is 0. The van der Waals surface area contributed by atoms with Gasteiger partial charge in [0, 0.05) is 25.7 Å². The van der Waals surface area contributed by atoms with E-state index in [4.69, 9.17) is 14.3 Å². The molecule has 2 heterocycles. The Morgan fingerprint density at radius 2 is 2.20 bits per heavy atom. The highest BCUT2D eigenvalue weighted by molar-refractivity contribution is 5.88. The van der Waals surface area contributed by atoms with Crippen LogP contribution in [0.4, 0.5) is 0 Å². The minimum Gasteiger partial charge on any atom is -0.478 e. The molecule has 1 saturated heterocycles. The Balaban J connectivity index is 1.79.